The summed E-state index contributed by atoms with van der Waals surface area (Å²) in [5.41, 5.74) is 6.06. The van der Waals surface area contributed by atoms with Crippen LogP contribution in [0.15, 0.2) is 60.8 Å². The van der Waals surface area contributed by atoms with Gasteiger partial charge >= 0.3 is 11.9 Å². The van der Waals surface area contributed by atoms with Gasteiger partial charge in [-0.05, 0) is 42.7 Å². The van der Waals surface area contributed by atoms with Gasteiger partial charge in [-0.1, -0.05) is 42.5 Å². The van der Waals surface area contributed by atoms with Crippen LogP contribution in [0.1, 0.15) is 28.7 Å². The molecular weight excluding hydrogens is 392 g/mol. The molecule has 1 saturated heterocycles. The van der Waals surface area contributed by atoms with Gasteiger partial charge in [0.25, 0.3) is 0 Å². The molecule has 0 unspecified atom stereocenters. The lowest BCUT2D eigenvalue weighted by atomic mass is 10.0. The zero-order chi connectivity index (χ0) is 21.8. The number of rotatable bonds is 6. The van der Waals surface area contributed by atoms with Crippen molar-refractivity contribution >= 4 is 18.0 Å². The fourth-order valence-electron chi connectivity index (χ4n) is 3.45. The van der Waals surface area contributed by atoms with Crippen molar-refractivity contribution in [1.82, 2.24) is 9.78 Å². The third-order valence-corrected chi connectivity index (χ3v) is 5.30. The first-order valence-corrected chi connectivity index (χ1v) is 10.2. The van der Waals surface area contributed by atoms with Gasteiger partial charge in [0.1, 0.15) is 0 Å². The van der Waals surface area contributed by atoms with Gasteiger partial charge in [0.05, 0.1) is 18.8 Å². The first-order chi connectivity index (χ1) is 15.0. The van der Waals surface area contributed by atoms with Crippen molar-refractivity contribution < 1.29 is 19.1 Å². The molecule has 0 bridgehead atoms. The maximum absolute atomic E-state index is 12.2. The summed E-state index contributed by atoms with van der Waals surface area (Å²) in [6.45, 7) is 5.03. The molecule has 158 valence electrons. The van der Waals surface area contributed by atoms with E-state index in [4.69, 9.17) is 14.6 Å². The molecule has 3 aromatic rings. The Bertz CT molecular complexity index is 1130. The molecule has 1 aliphatic heterocycles. The predicted molar refractivity (Wildman–Crippen MR) is 117 cm³/mol. The number of ether oxygens (including phenoxy) is 2. The molecule has 6 nitrogen and oxygen atoms in total. The Kier molecular flexibility index (Phi) is 5.98. The van der Waals surface area contributed by atoms with Crippen LogP contribution in [0.3, 0.4) is 0 Å². The second kappa shape index (κ2) is 9.00. The zero-order valence-corrected chi connectivity index (χ0v) is 17.6. The molecule has 0 amide bonds. The third kappa shape index (κ3) is 4.91. The molecule has 1 fully saturated rings. The zero-order valence-electron chi connectivity index (χ0n) is 17.6. The Morgan fingerprint density at radius 1 is 1.19 bits per heavy atom. The van der Waals surface area contributed by atoms with E-state index >= 15 is 0 Å². The molecule has 0 N–H and O–H groups in total. The standard InChI is InChI=1S/C25H24N2O4/c1-17-8-9-20(14-18(17)2)24-21(10-11-23(28)31-22-12-13-30-25(22)29)16-27(26-24)15-19-6-4-3-5-7-19/h3-11,14,16,22H,12-13,15H2,1-2H3/b11-10+/t22-/m0/s1. The Morgan fingerprint density at radius 2 is 2.00 bits per heavy atom. The number of hydrogen-bond donors (Lipinski definition) is 0. The molecular formula is C25H24N2O4. The SMILES string of the molecule is Cc1ccc(-c2nn(Cc3ccccc3)cc2/C=C/C(=O)O[C@H]2CCOC2=O)cc1C. The van der Waals surface area contributed by atoms with E-state index in [1.807, 2.05) is 47.3 Å². The van der Waals surface area contributed by atoms with Gasteiger partial charge in [0.15, 0.2) is 0 Å². The first kappa shape index (κ1) is 20.6. The van der Waals surface area contributed by atoms with Crippen LogP contribution in [0.25, 0.3) is 17.3 Å². The van der Waals surface area contributed by atoms with Crippen LogP contribution in [-0.4, -0.2) is 34.4 Å². The Balaban J connectivity index is 1.61. The van der Waals surface area contributed by atoms with Gasteiger partial charge in [-0.15, -0.1) is 0 Å². The van der Waals surface area contributed by atoms with Crippen LogP contribution in [0.2, 0.25) is 0 Å². The van der Waals surface area contributed by atoms with Gasteiger partial charge in [-0.2, -0.15) is 5.10 Å². The van der Waals surface area contributed by atoms with E-state index in [1.165, 1.54) is 17.2 Å². The van der Waals surface area contributed by atoms with Crippen molar-refractivity contribution in [2.45, 2.75) is 32.9 Å². The van der Waals surface area contributed by atoms with E-state index in [0.717, 1.165) is 22.4 Å². The van der Waals surface area contributed by atoms with Crippen LogP contribution in [0, 0.1) is 13.8 Å². The van der Waals surface area contributed by atoms with Crippen LogP contribution < -0.4 is 0 Å². The highest BCUT2D eigenvalue weighted by atomic mass is 16.6. The van der Waals surface area contributed by atoms with Crippen LogP contribution in [0.4, 0.5) is 0 Å². The number of carbonyl (C=O) groups is 2. The van der Waals surface area contributed by atoms with Gasteiger partial charge in [0, 0.05) is 29.8 Å². The van der Waals surface area contributed by atoms with E-state index in [0.29, 0.717) is 13.0 Å². The smallest absolute Gasteiger partial charge is 0.347 e. The Morgan fingerprint density at radius 3 is 2.71 bits per heavy atom. The minimum absolute atomic E-state index is 0.281. The minimum atomic E-state index is -0.822. The molecule has 0 spiro atoms. The number of carbonyl (C=O) groups excluding carboxylic acids is 2. The minimum Gasteiger partial charge on any atom is -0.463 e. The first-order valence-electron chi connectivity index (χ1n) is 10.2. The topological polar surface area (TPSA) is 70.4 Å². The Hall–Kier alpha value is -3.67. The largest absolute Gasteiger partial charge is 0.463 e. The maximum atomic E-state index is 12.2. The second-order valence-electron chi connectivity index (χ2n) is 7.63. The lowest BCUT2D eigenvalue weighted by Crippen LogP contribution is -2.21. The summed E-state index contributed by atoms with van der Waals surface area (Å²) in [6, 6.07) is 16.2. The van der Waals surface area contributed by atoms with Gasteiger partial charge in [-0.25, -0.2) is 9.59 Å². The number of benzene rings is 2. The summed E-state index contributed by atoms with van der Waals surface area (Å²) in [7, 11) is 0. The van der Waals surface area contributed by atoms with E-state index in [1.54, 1.807) is 6.08 Å². The van der Waals surface area contributed by atoms with Crippen LogP contribution in [0.5, 0.6) is 0 Å². The highest BCUT2D eigenvalue weighted by molar-refractivity contribution is 5.90. The molecule has 31 heavy (non-hydrogen) atoms. The number of nitrogens with zero attached hydrogens (tertiary/aromatic N) is 2. The van der Waals surface area contributed by atoms with Crippen molar-refractivity contribution in [1.29, 1.82) is 0 Å². The molecule has 0 aliphatic carbocycles. The normalized spacial score (nSPS) is 15.9. The summed E-state index contributed by atoms with van der Waals surface area (Å²) in [6.07, 6.45) is 4.49. The molecule has 0 saturated carbocycles. The van der Waals surface area contributed by atoms with Crippen molar-refractivity contribution in [3.8, 4) is 11.3 Å². The van der Waals surface area contributed by atoms with Crippen molar-refractivity contribution in [3.05, 3.63) is 83.1 Å². The van der Waals surface area contributed by atoms with E-state index in [-0.39, 0.29) is 6.61 Å². The van der Waals surface area contributed by atoms with E-state index < -0.39 is 18.0 Å². The number of cyclic esters (lactones) is 1. The number of aromatic nitrogens is 2. The molecule has 1 atom stereocenters. The number of aryl methyl sites for hydroxylation is 2. The maximum Gasteiger partial charge on any atom is 0.347 e. The summed E-state index contributed by atoms with van der Waals surface area (Å²) in [5.74, 6) is -1.07. The van der Waals surface area contributed by atoms with Crippen LogP contribution in [-0.2, 0) is 25.6 Å². The van der Waals surface area contributed by atoms with Crippen molar-refractivity contribution in [2.75, 3.05) is 6.61 Å². The summed E-state index contributed by atoms with van der Waals surface area (Å²) >= 11 is 0. The van der Waals surface area contributed by atoms with Gasteiger partial charge in [-0.3, -0.25) is 4.68 Å². The molecule has 2 heterocycles. The molecule has 2 aromatic carbocycles. The molecule has 4 rings (SSSR count). The van der Waals surface area contributed by atoms with Crippen molar-refractivity contribution in [2.24, 2.45) is 0 Å². The Labute approximate surface area is 181 Å². The number of esters is 2. The average Bonchev–Trinajstić information content (AvgIpc) is 3.35. The predicted octanol–water partition coefficient (Wildman–Crippen LogP) is 4.09. The molecule has 0 radical (unpaired) electrons. The highest BCUT2D eigenvalue weighted by Gasteiger charge is 2.29. The number of hydrogen-bond acceptors (Lipinski definition) is 5. The van der Waals surface area contributed by atoms with Crippen molar-refractivity contribution in [3.63, 3.8) is 0 Å². The van der Waals surface area contributed by atoms with Gasteiger partial charge < -0.3 is 9.47 Å². The molecule has 1 aromatic heterocycles. The quantitative estimate of drug-likeness (QED) is 0.447. The lowest BCUT2D eigenvalue weighted by molar-refractivity contribution is -0.156. The van der Waals surface area contributed by atoms with E-state index in [2.05, 4.69) is 26.0 Å². The fraction of sp³-hybridized carbons (Fsp3) is 0.240. The molecule has 1 aliphatic rings. The van der Waals surface area contributed by atoms with Gasteiger partial charge in [0.2, 0.25) is 6.10 Å². The summed E-state index contributed by atoms with van der Waals surface area (Å²) in [4.78, 5) is 23.7. The monoisotopic (exact) mass is 416 g/mol. The second-order valence-corrected chi connectivity index (χ2v) is 7.63. The van der Waals surface area contributed by atoms with Crippen LogP contribution >= 0.6 is 0 Å². The summed E-state index contributed by atoms with van der Waals surface area (Å²) < 4.78 is 11.9. The highest BCUT2D eigenvalue weighted by Crippen LogP contribution is 2.26. The van der Waals surface area contributed by atoms with E-state index in [9.17, 15) is 9.59 Å². The fourth-order valence-corrected chi connectivity index (χ4v) is 3.45. The third-order valence-electron chi connectivity index (χ3n) is 5.30. The summed E-state index contributed by atoms with van der Waals surface area (Å²) in [5, 5.41) is 4.78. The average molecular weight is 416 g/mol. The molecule has 6 heteroatoms. The lowest BCUT2D eigenvalue weighted by Gasteiger charge is -2.05.